The van der Waals surface area contributed by atoms with Crippen LogP contribution in [-0.2, 0) is 14.3 Å². The molecule has 35 heavy (non-hydrogen) atoms. The Hall–Kier alpha value is -3.35. The van der Waals surface area contributed by atoms with Crippen LogP contribution in [0.5, 0.6) is 0 Å². The molecule has 1 atom stereocenters. The summed E-state index contributed by atoms with van der Waals surface area (Å²) in [5, 5.41) is 11.9. The molecule has 7 nitrogen and oxygen atoms in total. The lowest BCUT2D eigenvalue weighted by atomic mass is 9.98. The monoisotopic (exact) mass is 478 g/mol. The van der Waals surface area contributed by atoms with E-state index in [-0.39, 0.29) is 37.3 Å². The fourth-order valence-corrected chi connectivity index (χ4v) is 4.83. The zero-order chi connectivity index (χ0) is 24.9. The van der Waals surface area contributed by atoms with Gasteiger partial charge in [-0.05, 0) is 53.4 Å². The SMILES string of the molecule is CC(C)C[C@H](NC(=O)OCC1c2ccccc2-c2ccccc21)C(=O)N(CCC(=O)O)CC1CC1. The molecule has 0 radical (unpaired) electrons. The van der Waals surface area contributed by atoms with Crippen molar-refractivity contribution >= 4 is 18.0 Å². The Morgan fingerprint density at radius 2 is 1.63 bits per heavy atom. The van der Waals surface area contributed by atoms with Crippen LogP contribution in [-0.4, -0.2) is 53.7 Å². The second kappa shape index (κ2) is 10.9. The van der Waals surface area contributed by atoms with Crippen LogP contribution in [0.4, 0.5) is 4.79 Å². The minimum atomic E-state index is -0.941. The van der Waals surface area contributed by atoms with Crippen molar-refractivity contribution in [2.75, 3.05) is 19.7 Å². The van der Waals surface area contributed by atoms with Gasteiger partial charge in [-0.1, -0.05) is 62.4 Å². The highest BCUT2D eigenvalue weighted by Crippen LogP contribution is 2.44. The van der Waals surface area contributed by atoms with Gasteiger partial charge in [-0.15, -0.1) is 0 Å². The number of aliphatic carboxylic acids is 1. The number of benzene rings is 2. The van der Waals surface area contributed by atoms with Gasteiger partial charge >= 0.3 is 12.1 Å². The number of hydrogen-bond donors (Lipinski definition) is 2. The van der Waals surface area contributed by atoms with E-state index in [2.05, 4.69) is 29.6 Å². The van der Waals surface area contributed by atoms with Gasteiger partial charge in [0.25, 0.3) is 0 Å². The van der Waals surface area contributed by atoms with Crippen LogP contribution < -0.4 is 5.32 Å². The molecule has 0 bridgehead atoms. The molecule has 2 aromatic carbocycles. The summed E-state index contributed by atoms with van der Waals surface area (Å²) in [6, 6.07) is 15.5. The molecule has 1 saturated carbocycles. The van der Waals surface area contributed by atoms with Crippen molar-refractivity contribution in [2.24, 2.45) is 11.8 Å². The van der Waals surface area contributed by atoms with Crippen molar-refractivity contribution in [3.05, 3.63) is 59.7 Å². The van der Waals surface area contributed by atoms with Crippen molar-refractivity contribution < 1.29 is 24.2 Å². The summed E-state index contributed by atoms with van der Waals surface area (Å²) in [4.78, 5) is 38.9. The van der Waals surface area contributed by atoms with E-state index in [9.17, 15) is 14.4 Å². The van der Waals surface area contributed by atoms with Gasteiger partial charge in [-0.25, -0.2) is 4.79 Å². The number of amides is 2. The summed E-state index contributed by atoms with van der Waals surface area (Å²) in [6.07, 6.45) is 1.81. The van der Waals surface area contributed by atoms with E-state index in [0.717, 1.165) is 35.1 Å². The van der Waals surface area contributed by atoms with E-state index in [0.29, 0.717) is 18.9 Å². The number of nitrogens with zero attached hydrogens (tertiary/aromatic N) is 1. The lowest BCUT2D eigenvalue weighted by molar-refractivity contribution is -0.139. The molecule has 0 aromatic heterocycles. The second-order valence-corrected chi connectivity index (χ2v) is 10.0. The van der Waals surface area contributed by atoms with Crippen LogP contribution in [0.2, 0.25) is 0 Å². The zero-order valence-electron chi connectivity index (χ0n) is 20.4. The van der Waals surface area contributed by atoms with Crippen molar-refractivity contribution in [3.63, 3.8) is 0 Å². The average molecular weight is 479 g/mol. The molecule has 7 heteroatoms. The largest absolute Gasteiger partial charge is 0.481 e. The quantitative estimate of drug-likeness (QED) is 0.490. The maximum absolute atomic E-state index is 13.3. The molecule has 0 spiro atoms. The van der Waals surface area contributed by atoms with Gasteiger partial charge in [0.15, 0.2) is 0 Å². The number of ether oxygens (including phenoxy) is 1. The van der Waals surface area contributed by atoms with Gasteiger partial charge in [0, 0.05) is 19.0 Å². The number of alkyl carbamates (subject to hydrolysis) is 1. The first kappa shape index (κ1) is 24.8. The molecule has 0 unspecified atom stereocenters. The number of carboxylic acid groups (broad SMARTS) is 1. The first-order valence-electron chi connectivity index (χ1n) is 12.5. The first-order chi connectivity index (χ1) is 16.8. The fraction of sp³-hybridized carbons (Fsp3) is 0.464. The maximum atomic E-state index is 13.3. The standard InChI is InChI=1S/C28H34N2O5/c1-18(2)15-25(27(33)30(14-13-26(31)32)16-19-11-12-19)29-28(34)35-17-24-22-9-5-3-7-20(22)21-8-4-6-10-23(21)24/h3-10,18-19,24-25H,11-17H2,1-2H3,(H,29,34)(H,31,32)/t25-/m0/s1. The Bertz CT molecular complexity index is 1030. The molecule has 1 fully saturated rings. The molecule has 4 rings (SSSR count). The van der Waals surface area contributed by atoms with Gasteiger partial charge in [0.05, 0.1) is 6.42 Å². The summed E-state index contributed by atoms with van der Waals surface area (Å²) >= 11 is 0. The predicted octanol–water partition coefficient (Wildman–Crippen LogP) is 4.65. The summed E-state index contributed by atoms with van der Waals surface area (Å²) < 4.78 is 5.66. The Balaban J connectivity index is 1.42. The number of carbonyl (C=O) groups excluding carboxylic acids is 2. The number of nitrogens with one attached hydrogen (secondary N) is 1. The lowest BCUT2D eigenvalue weighted by Crippen LogP contribution is -2.50. The van der Waals surface area contributed by atoms with Gasteiger partial charge in [0.2, 0.25) is 5.91 Å². The topological polar surface area (TPSA) is 95.9 Å². The highest BCUT2D eigenvalue weighted by atomic mass is 16.5. The van der Waals surface area contributed by atoms with Crippen LogP contribution in [0.3, 0.4) is 0 Å². The number of rotatable bonds is 11. The summed E-state index contributed by atoms with van der Waals surface area (Å²) in [6.45, 7) is 4.83. The van der Waals surface area contributed by atoms with Gasteiger partial charge in [0.1, 0.15) is 12.6 Å². The first-order valence-corrected chi connectivity index (χ1v) is 12.5. The van der Waals surface area contributed by atoms with Crippen molar-refractivity contribution in [2.45, 2.75) is 51.5 Å². The summed E-state index contributed by atoms with van der Waals surface area (Å²) in [5.41, 5.74) is 4.56. The third-order valence-electron chi connectivity index (χ3n) is 6.72. The van der Waals surface area contributed by atoms with Crippen LogP contribution in [0.15, 0.2) is 48.5 Å². The summed E-state index contributed by atoms with van der Waals surface area (Å²) in [5.74, 6) is -0.653. The molecule has 186 valence electrons. The van der Waals surface area contributed by atoms with Crippen LogP contribution in [0.25, 0.3) is 11.1 Å². The minimum absolute atomic E-state index is 0.0608. The van der Waals surface area contributed by atoms with E-state index >= 15 is 0 Å². The normalized spacial score (nSPS) is 15.3. The molecule has 2 aliphatic carbocycles. The average Bonchev–Trinajstić information content (AvgIpc) is 3.60. The third kappa shape index (κ3) is 6.21. The molecule has 2 N–H and O–H groups in total. The Labute approximate surface area is 206 Å². The Morgan fingerprint density at radius 1 is 1.03 bits per heavy atom. The zero-order valence-corrected chi connectivity index (χ0v) is 20.4. The van der Waals surface area contributed by atoms with Crippen molar-refractivity contribution in [3.8, 4) is 11.1 Å². The smallest absolute Gasteiger partial charge is 0.407 e. The maximum Gasteiger partial charge on any atom is 0.407 e. The van der Waals surface area contributed by atoms with Crippen LogP contribution in [0, 0.1) is 11.8 Å². The predicted molar refractivity (Wildman–Crippen MR) is 133 cm³/mol. The highest BCUT2D eigenvalue weighted by molar-refractivity contribution is 5.86. The van der Waals surface area contributed by atoms with E-state index in [1.54, 1.807) is 4.90 Å². The highest BCUT2D eigenvalue weighted by Gasteiger charge is 2.33. The molecular formula is C28H34N2O5. The number of carbonyl (C=O) groups is 3. The number of fused-ring (bicyclic) bond motifs is 3. The van der Waals surface area contributed by atoms with E-state index < -0.39 is 18.1 Å². The van der Waals surface area contributed by atoms with E-state index in [1.165, 1.54) is 0 Å². The molecule has 2 aliphatic rings. The molecule has 2 aromatic rings. The Morgan fingerprint density at radius 3 is 2.17 bits per heavy atom. The van der Waals surface area contributed by atoms with E-state index in [4.69, 9.17) is 9.84 Å². The molecule has 0 saturated heterocycles. The number of hydrogen-bond acceptors (Lipinski definition) is 4. The van der Waals surface area contributed by atoms with Gasteiger partial charge in [-0.2, -0.15) is 0 Å². The molecule has 2 amide bonds. The van der Waals surface area contributed by atoms with Gasteiger partial charge < -0.3 is 20.1 Å². The van der Waals surface area contributed by atoms with E-state index in [1.807, 2.05) is 38.1 Å². The summed E-state index contributed by atoms with van der Waals surface area (Å²) in [7, 11) is 0. The molecule has 0 aliphatic heterocycles. The van der Waals surface area contributed by atoms with Crippen LogP contribution >= 0.6 is 0 Å². The fourth-order valence-electron chi connectivity index (χ4n) is 4.83. The van der Waals surface area contributed by atoms with Crippen molar-refractivity contribution in [1.82, 2.24) is 10.2 Å². The second-order valence-electron chi connectivity index (χ2n) is 10.0. The lowest BCUT2D eigenvalue weighted by Gasteiger charge is -2.28. The number of carboxylic acids is 1. The third-order valence-corrected chi connectivity index (χ3v) is 6.72. The minimum Gasteiger partial charge on any atom is -0.481 e. The van der Waals surface area contributed by atoms with Gasteiger partial charge in [-0.3, -0.25) is 9.59 Å². The van der Waals surface area contributed by atoms with Crippen LogP contribution in [0.1, 0.15) is 56.6 Å². The molecule has 0 heterocycles. The Kier molecular flexibility index (Phi) is 7.73. The van der Waals surface area contributed by atoms with Crippen molar-refractivity contribution in [1.29, 1.82) is 0 Å². The molecular weight excluding hydrogens is 444 g/mol.